The zero-order valence-electron chi connectivity index (χ0n) is 14.7. The molecule has 1 unspecified atom stereocenters. The number of aliphatic hydroxyl groups is 1. The monoisotopic (exact) mass is 290 g/mol. The molecule has 0 aromatic rings. The lowest BCUT2D eigenvalue weighted by molar-refractivity contribution is 0.103. The molecule has 1 N–H and O–H groups in total. The second-order valence-corrected chi connectivity index (χ2v) is 6.56. The van der Waals surface area contributed by atoms with Crippen LogP contribution in [-0.2, 0) is 0 Å². The summed E-state index contributed by atoms with van der Waals surface area (Å²) in [5.41, 5.74) is 3.55. The van der Waals surface area contributed by atoms with Crippen LogP contribution in [-0.4, -0.2) is 10.7 Å². The second-order valence-electron chi connectivity index (χ2n) is 6.56. The van der Waals surface area contributed by atoms with Crippen molar-refractivity contribution in [2.24, 2.45) is 0 Å². The fraction of sp³-hybridized carbons (Fsp3) is 0.600. The van der Waals surface area contributed by atoms with E-state index >= 15 is 0 Å². The molecule has 1 nitrogen and oxygen atoms in total. The Bertz CT molecular complexity index is 390. The van der Waals surface area contributed by atoms with Crippen LogP contribution < -0.4 is 0 Å². The van der Waals surface area contributed by atoms with Gasteiger partial charge in [0.2, 0.25) is 0 Å². The van der Waals surface area contributed by atoms with E-state index in [0.29, 0.717) is 0 Å². The van der Waals surface area contributed by atoms with Gasteiger partial charge in [-0.1, -0.05) is 41.0 Å². The molecule has 0 rings (SSSR count). The van der Waals surface area contributed by atoms with Gasteiger partial charge >= 0.3 is 0 Å². The SMILES string of the molecule is C=CC(C)(O)CC/C=C(/C)CC/C=C(/C)CCC=C(C)C. The van der Waals surface area contributed by atoms with Gasteiger partial charge in [-0.3, -0.25) is 0 Å². The van der Waals surface area contributed by atoms with Gasteiger partial charge in [0.05, 0.1) is 5.60 Å². The highest BCUT2D eigenvalue weighted by Gasteiger charge is 2.13. The fourth-order valence-electron chi connectivity index (χ4n) is 2.05. The molecule has 0 amide bonds. The molecule has 0 aromatic carbocycles. The summed E-state index contributed by atoms with van der Waals surface area (Å²) in [5.74, 6) is 0. The lowest BCUT2D eigenvalue weighted by Gasteiger charge is -2.16. The molecule has 0 spiro atoms. The maximum absolute atomic E-state index is 9.84. The highest BCUT2D eigenvalue weighted by Crippen LogP contribution is 2.16. The van der Waals surface area contributed by atoms with E-state index in [9.17, 15) is 5.11 Å². The van der Waals surface area contributed by atoms with Crippen molar-refractivity contribution in [3.05, 3.63) is 47.6 Å². The van der Waals surface area contributed by atoms with Crippen LogP contribution in [0.4, 0.5) is 0 Å². The Morgan fingerprint density at radius 3 is 1.86 bits per heavy atom. The summed E-state index contributed by atoms with van der Waals surface area (Å²) in [7, 11) is 0. The summed E-state index contributed by atoms with van der Waals surface area (Å²) in [4.78, 5) is 0. The van der Waals surface area contributed by atoms with Crippen molar-refractivity contribution in [1.29, 1.82) is 0 Å². The van der Waals surface area contributed by atoms with E-state index in [1.807, 2.05) is 6.92 Å². The summed E-state index contributed by atoms with van der Waals surface area (Å²) < 4.78 is 0. The zero-order chi connectivity index (χ0) is 16.3. The van der Waals surface area contributed by atoms with Crippen molar-refractivity contribution < 1.29 is 5.11 Å². The summed E-state index contributed by atoms with van der Waals surface area (Å²) >= 11 is 0. The topological polar surface area (TPSA) is 20.2 Å². The van der Waals surface area contributed by atoms with Gasteiger partial charge in [0.15, 0.2) is 0 Å². The highest BCUT2D eigenvalue weighted by atomic mass is 16.3. The first-order chi connectivity index (χ1) is 9.76. The first-order valence-corrected chi connectivity index (χ1v) is 8.07. The number of rotatable bonds is 10. The molecular formula is C20H34O. The molecule has 0 aliphatic carbocycles. The lowest BCUT2D eigenvalue weighted by atomic mass is 9.99. The van der Waals surface area contributed by atoms with Crippen molar-refractivity contribution >= 4 is 0 Å². The molecular weight excluding hydrogens is 256 g/mol. The maximum atomic E-state index is 9.84. The highest BCUT2D eigenvalue weighted by molar-refractivity contribution is 5.06. The smallest absolute Gasteiger partial charge is 0.0800 e. The van der Waals surface area contributed by atoms with Crippen LogP contribution >= 0.6 is 0 Å². The van der Waals surface area contributed by atoms with Crippen molar-refractivity contribution in [1.82, 2.24) is 0 Å². The Morgan fingerprint density at radius 1 is 0.905 bits per heavy atom. The van der Waals surface area contributed by atoms with Crippen LogP contribution in [0.25, 0.3) is 0 Å². The molecule has 0 saturated heterocycles. The Balaban J connectivity index is 3.99. The Labute approximate surface area is 132 Å². The van der Waals surface area contributed by atoms with E-state index in [0.717, 1.165) is 38.5 Å². The van der Waals surface area contributed by atoms with Gasteiger partial charge in [0, 0.05) is 0 Å². The molecule has 0 aromatic heterocycles. The quantitative estimate of drug-likeness (QED) is 0.480. The van der Waals surface area contributed by atoms with Crippen LogP contribution in [0.5, 0.6) is 0 Å². The predicted molar refractivity (Wildman–Crippen MR) is 95.5 cm³/mol. The lowest BCUT2D eigenvalue weighted by Crippen LogP contribution is -2.19. The third-order valence-electron chi connectivity index (χ3n) is 3.71. The van der Waals surface area contributed by atoms with Gasteiger partial charge in [0.25, 0.3) is 0 Å². The average Bonchev–Trinajstić information content (AvgIpc) is 2.38. The standard InChI is InChI=1S/C20H34O/c1-7-20(6,21)16-10-15-19(5)14-9-13-18(4)12-8-11-17(2)3/h7,11,13,15,21H,1,8-10,12,14,16H2,2-6H3/b18-13-,19-15-. The van der Waals surface area contributed by atoms with Gasteiger partial charge in [-0.15, -0.1) is 6.58 Å². The summed E-state index contributed by atoms with van der Waals surface area (Å²) in [6.45, 7) is 14.2. The second kappa shape index (κ2) is 10.6. The minimum atomic E-state index is -0.738. The van der Waals surface area contributed by atoms with E-state index in [-0.39, 0.29) is 0 Å². The van der Waals surface area contributed by atoms with Crippen molar-refractivity contribution in [3.63, 3.8) is 0 Å². The number of hydrogen-bond donors (Lipinski definition) is 1. The van der Waals surface area contributed by atoms with Crippen molar-refractivity contribution in [2.75, 3.05) is 0 Å². The zero-order valence-corrected chi connectivity index (χ0v) is 14.7. The average molecular weight is 290 g/mol. The van der Waals surface area contributed by atoms with Crippen LogP contribution in [0.15, 0.2) is 47.6 Å². The number of hydrogen-bond acceptors (Lipinski definition) is 1. The van der Waals surface area contributed by atoms with Crippen LogP contribution in [0.2, 0.25) is 0 Å². The van der Waals surface area contributed by atoms with E-state index < -0.39 is 5.60 Å². The van der Waals surface area contributed by atoms with Crippen molar-refractivity contribution in [3.8, 4) is 0 Å². The number of allylic oxidation sites excluding steroid dienone is 6. The van der Waals surface area contributed by atoms with Crippen LogP contribution in [0.1, 0.15) is 73.1 Å². The van der Waals surface area contributed by atoms with Gasteiger partial charge < -0.3 is 5.11 Å². The Hall–Kier alpha value is -1.08. The minimum Gasteiger partial charge on any atom is -0.386 e. The molecule has 120 valence electrons. The van der Waals surface area contributed by atoms with E-state index in [2.05, 4.69) is 52.5 Å². The largest absolute Gasteiger partial charge is 0.386 e. The predicted octanol–water partition coefficient (Wildman–Crippen LogP) is 6.12. The van der Waals surface area contributed by atoms with Gasteiger partial charge in [-0.05, 0) is 73.1 Å². The van der Waals surface area contributed by atoms with E-state index in [1.165, 1.54) is 16.7 Å². The molecule has 0 heterocycles. The molecule has 0 bridgehead atoms. The van der Waals surface area contributed by atoms with Gasteiger partial charge in [-0.25, -0.2) is 0 Å². The third-order valence-corrected chi connectivity index (χ3v) is 3.71. The molecule has 0 aliphatic heterocycles. The van der Waals surface area contributed by atoms with Gasteiger partial charge in [-0.2, -0.15) is 0 Å². The molecule has 0 radical (unpaired) electrons. The Kier molecular flexibility index (Phi) is 10.1. The van der Waals surface area contributed by atoms with Gasteiger partial charge in [0.1, 0.15) is 0 Å². The first kappa shape index (κ1) is 19.9. The van der Waals surface area contributed by atoms with E-state index in [4.69, 9.17) is 0 Å². The molecule has 1 heteroatoms. The summed E-state index contributed by atoms with van der Waals surface area (Å²) in [6, 6.07) is 0. The first-order valence-electron chi connectivity index (χ1n) is 8.07. The maximum Gasteiger partial charge on any atom is 0.0800 e. The third kappa shape index (κ3) is 12.4. The van der Waals surface area contributed by atoms with Crippen LogP contribution in [0, 0.1) is 0 Å². The van der Waals surface area contributed by atoms with E-state index in [1.54, 1.807) is 6.08 Å². The summed E-state index contributed by atoms with van der Waals surface area (Å²) in [5, 5.41) is 9.84. The molecule has 1 atom stereocenters. The molecule has 0 fully saturated rings. The fourth-order valence-corrected chi connectivity index (χ4v) is 2.05. The molecule has 21 heavy (non-hydrogen) atoms. The molecule has 0 aliphatic rings. The molecule has 0 saturated carbocycles. The minimum absolute atomic E-state index is 0.738. The Morgan fingerprint density at radius 2 is 1.38 bits per heavy atom. The normalized spacial score (nSPS) is 15.5. The van der Waals surface area contributed by atoms with Crippen LogP contribution in [0.3, 0.4) is 0 Å². The van der Waals surface area contributed by atoms with Crippen molar-refractivity contribution in [2.45, 2.75) is 78.7 Å². The summed E-state index contributed by atoms with van der Waals surface area (Å²) in [6.07, 6.45) is 14.7.